The quantitative estimate of drug-likeness (QED) is 0.0595. The maximum absolute atomic E-state index is 13.9. The number of carbonyl (C=O) groups is 2. The topological polar surface area (TPSA) is 55.8 Å². The predicted molar refractivity (Wildman–Crippen MR) is 187 cm³/mol. The van der Waals surface area contributed by atoms with Crippen LogP contribution in [0.2, 0.25) is 0 Å². The Hall–Kier alpha value is -5.32. The van der Waals surface area contributed by atoms with Gasteiger partial charge in [0, 0.05) is 33.6 Å². The summed E-state index contributed by atoms with van der Waals surface area (Å²) in [6.07, 6.45) is -7.69. The molecule has 0 unspecified atom stereocenters. The largest absolute Gasteiger partial charge is 0.462 e. The Kier molecular flexibility index (Phi) is 11.0. The van der Waals surface area contributed by atoms with Gasteiger partial charge in [0.05, 0.1) is 24.3 Å². The molecule has 0 bridgehead atoms. The van der Waals surface area contributed by atoms with Crippen molar-refractivity contribution in [2.24, 2.45) is 0 Å². The van der Waals surface area contributed by atoms with E-state index in [1.54, 1.807) is 26.0 Å². The fraction of sp³-hybridized carbons (Fsp3) is 0.268. The third kappa shape index (κ3) is 8.09. The minimum absolute atomic E-state index is 0.00799. The Morgan fingerprint density at radius 1 is 0.615 bits per heavy atom. The second kappa shape index (κ2) is 15.1. The fourth-order valence-corrected chi connectivity index (χ4v) is 6.66. The average molecular weight is 722 g/mol. The third-order valence-corrected chi connectivity index (χ3v) is 9.03. The number of fused-ring (bicyclic) bond motifs is 3. The molecule has 5 rings (SSSR count). The zero-order valence-corrected chi connectivity index (χ0v) is 28.7. The van der Waals surface area contributed by atoms with Gasteiger partial charge in [-0.2, -0.15) is 26.3 Å². The zero-order valence-electron chi connectivity index (χ0n) is 28.7. The molecule has 0 saturated carbocycles. The van der Waals surface area contributed by atoms with Gasteiger partial charge in [-0.1, -0.05) is 55.6 Å². The highest BCUT2D eigenvalue weighted by Crippen LogP contribution is 2.55. The molecule has 0 atom stereocenters. The molecule has 4 aromatic carbocycles. The summed E-state index contributed by atoms with van der Waals surface area (Å²) in [7, 11) is 0. The van der Waals surface area contributed by atoms with Gasteiger partial charge < -0.3 is 14.4 Å². The van der Waals surface area contributed by atoms with E-state index in [1.807, 2.05) is 30.3 Å². The number of rotatable bonds is 13. The molecule has 0 radical (unpaired) electrons. The van der Waals surface area contributed by atoms with E-state index < -0.39 is 40.8 Å². The van der Waals surface area contributed by atoms with Crippen molar-refractivity contribution in [3.8, 4) is 11.1 Å². The molecular weight excluding hydrogens is 684 g/mol. The van der Waals surface area contributed by atoms with Gasteiger partial charge in [0.15, 0.2) is 0 Å². The maximum Gasteiger partial charge on any atom is 0.416 e. The normalized spacial score (nSPS) is 13.2. The molecule has 0 N–H and O–H groups in total. The number of hydrogen-bond acceptors (Lipinski definition) is 5. The number of benzene rings is 4. The number of hydrogen-bond donors (Lipinski definition) is 0. The van der Waals surface area contributed by atoms with Gasteiger partial charge in [0.2, 0.25) is 0 Å². The van der Waals surface area contributed by atoms with Crippen molar-refractivity contribution in [1.29, 1.82) is 0 Å². The summed E-state index contributed by atoms with van der Waals surface area (Å²) in [5, 5.41) is 0. The first kappa shape index (κ1) is 37.9. The summed E-state index contributed by atoms with van der Waals surface area (Å²) >= 11 is 0. The molecule has 0 aliphatic heterocycles. The van der Waals surface area contributed by atoms with Gasteiger partial charge in [-0.05, 0) is 110 Å². The Balaban J connectivity index is 1.67. The Bertz CT molecular complexity index is 1910. The maximum atomic E-state index is 13.9. The molecule has 1 aliphatic rings. The molecule has 0 aromatic heterocycles. The zero-order chi connectivity index (χ0) is 37.8. The summed E-state index contributed by atoms with van der Waals surface area (Å²) in [5.74, 6) is -1.07. The van der Waals surface area contributed by atoms with Crippen molar-refractivity contribution in [3.63, 3.8) is 0 Å². The predicted octanol–water partition coefficient (Wildman–Crippen LogP) is 11.3. The summed E-state index contributed by atoms with van der Waals surface area (Å²) in [6.45, 7) is 10.5. The molecule has 0 heterocycles. The van der Waals surface area contributed by atoms with Crippen LogP contribution < -0.4 is 4.90 Å². The number of esters is 2. The standard InChI is InChI=1S/C41H37F6NO4/c1-26(2)37(49)51-21-9-19-39(20-10-22-52-38(50)27(3)4)35-16-6-5-15-33(35)34-18-17-32(25-36(34)39)48(30-13-7-11-28(23-30)40(42,43)44)31-14-8-12-29(24-31)41(45,46)47/h5-8,11-18,23-25H,1,3,9-10,19-22H2,2,4H3. The summed E-state index contributed by atoms with van der Waals surface area (Å²) in [5.41, 5.74) is 1.64. The highest BCUT2D eigenvalue weighted by Gasteiger charge is 2.43. The highest BCUT2D eigenvalue weighted by atomic mass is 19.4. The van der Waals surface area contributed by atoms with E-state index in [0.29, 0.717) is 31.4 Å². The molecule has 11 heteroatoms. The van der Waals surface area contributed by atoms with Gasteiger partial charge in [-0.25, -0.2) is 9.59 Å². The number of alkyl halides is 6. The number of anilines is 3. The number of ether oxygens (including phenoxy) is 2. The van der Waals surface area contributed by atoms with Crippen LogP contribution in [-0.2, 0) is 36.8 Å². The molecule has 0 spiro atoms. The number of halogens is 6. The molecule has 0 saturated heterocycles. The monoisotopic (exact) mass is 721 g/mol. The summed E-state index contributed by atoms with van der Waals surface area (Å²) in [4.78, 5) is 25.7. The first-order valence-corrected chi connectivity index (χ1v) is 16.6. The van der Waals surface area contributed by atoms with Crippen LogP contribution in [0.1, 0.15) is 61.8 Å². The van der Waals surface area contributed by atoms with E-state index in [1.165, 1.54) is 29.2 Å². The van der Waals surface area contributed by atoms with E-state index in [2.05, 4.69) is 13.2 Å². The minimum Gasteiger partial charge on any atom is -0.462 e. The van der Waals surface area contributed by atoms with Crippen LogP contribution in [0.25, 0.3) is 11.1 Å². The summed E-state index contributed by atoms with van der Waals surface area (Å²) in [6, 6.07) is 21.9. The van der Waals surface area contributed by atoms with Crippen LogP contribution in [0.4, 0.5) is 43.4 Å². The van der Waals surface area contributed by atoms with Crippen molar-refractivity contribution in [2.45, 2.75) is 57.3 Å². The van der Waals surface area contributed by atoms with Gasteiger partial charge >= 0.3 is 24.3 Å². The van der Waals surface area contributed by atoms with Crippen molar-refractivity contribution in [2.75, 3.05) is 18.1 Å². The van der Waals surface area contributed by atoms with Crippen LogP contribution in [-0.4, -0.2) is 25.2 Å². The number of carbonyl (C=O) groups excluding carboxylic acids is 2. The third-order valence-electron chi connectivity index (χ3n) is 9.03. The van der Waals surface area contributed by atoms with Crippen LogP contribution in [0.15, 0.2) is 115 Å². The second-order valence-corrected chi connectivity index (χ2v) is 12.8. The Morgan fingerprint density at radius 2 is 1.08 bits per heavy atom. The van der Waals surface area contributed by atoms with Crippen molar-refractivity contribution >= 4 is 29.0 Å². The van der Waals surface area contributed by atoms with Crippen molar-refractivity contribution in [3.05, 3.63) is 138 Å². The van der Waals surface area contributed by atoms with Gasteiger partial charge in [0.1, 0.15) is 0 Å². The molecule has 272 valence electrons. The van der Waals surface area contributed by atoms with Crippen molar-refractivity contribution < 1.29 is 45.4 Å². The lowest BCUT2D eigenvalue weighted by atomic mass is 9.71. The molecule has 1 aliphatic carbocycles. The van der Waals surface area contributed by atoms with E-state index in [9.17, 15) is 35.9 Å². The molecule has 4 aromatic rings. The molecule has 5 nitrogen and oxygen atoms in total. The van der Waals surface area contributed by atoms with Crippen LogP contribution >= 0.6 is 0 Å². The van der Waals surface area contributed by atoms with E-state index in [0.717, 1.165) is 46.5 Å². The van der Waals surface area contributed by atoms with Gasteiger partial charge in [-0.15, -0.1) is 0 Å². The number of nitrogens with zero attached hydrogens (tertiary/aromatic N) is 1. The SMILES string of the molecule is C=C(C)C(=O)OCCCC1(CCCOC(=O)C(=C)C)c2ccccc2-c2ccc(N(c3cccc(C(F)(F)F)c3)c3cccc(C(F)(F)F)c3)cc21. The lowest BCUT2D eigenvalue weighted by Crippen LogP contribution is -2.27. The van der Waals surface area contributed by atoms with Crippen LogP contribution in [0.3, 0.4) is 0 Å². The smallest absolute Gasteiger partial charge is 0.416 e. The van der Waals surface area contributed by atoms with Gasteiger partial charge in [0.25, 0.3) is 0 Å². The molecule has 52 heavy (non-hydrogen) atoms. The minimum atomic E-state index is -4.70. The lowest BCUT2D eigenvalue weighted by Gasteiger charge is -2.34. The van der Waals surface area contributed by atoms with E-state index >= 15 is 0 Å². The molecule has 0 amide bonds. The lowest BCUT2D eigenvalue weighted by molar-refractivity contribution is -0.139. The van der Waals surface area contributed by atoms with E-state index in [-0.39, 0.29) is 35.7 Å². The van der Waals surface area contributed by atoms with Crippen LogP contribution in [0, 0.1) is 0 Å². The Morgan fingerprint density at radius 3 is 1.56 bits per heavy atom. The van der Waals surface area contributed by atoms with Gasteiger partial charge in [-0.3, -0.25) is 0 Å². The van der Waals surface area contributed by atoms with Crippen molar-refractivity contribution in [1.82, 2.24) is 0 Å². The van der Waals surface area contributed by atoms with E-state index in [4.69, 9.17) is 9.47 Å². The fourth-order valence-electron chi connectivity index (χ4n) is 6.66. The first-order chi connectivity index (χ1) is 24.5. The highest BCUT2D eigenvalue weighted by molar-refractivity contribution is 5.88. The Labute approximate surface area is 298 Å². The second-order valence-electron chi connectivity index (χ2n) is 12.8. The summed E-state index contributed by atoms with van der Waals surface area (Å²) < 4.78 is 94.4. The van der Waals surface area contributed by atoms with Crippen LogP contribution in [0.5, 0.6) is 0 Å². The first-order valence-electron chi connectivity index (χ1n) is 16.6. The average Bonchev–Trinajstić information content (AvgIpc) is 3.37. The molecular formula is C41H37F6NO4. The molecule has 0 fully saturated rings.